The Bertz CT molecular complexity index is 3340. The summed E-state index contributed by atoms with van der Waals surface area (Å²) in [6.07, 6.45) is 0. The second kappa shape index (κ2) is 11.3. The van der Waals surface area contributed by atoms with E-state index in [-0.39, 0.29) is 0 Å². The third-order valence-electron chi connectivity index (χ3n) is 11.1. The maximum atomic E-state index is 5.29. The Morgan fingerprint density at radius 1 is 0.389 bits per heavy atom. The summed E-state index contributed by atoms with van der Waals surface area (Å²) in [7, 11) is 0. The average Bonchev–Trinajstić information content (AvgIpc) is 3.49. The topological polar surface area (TPSA) is 30.7 Å². The monoisotopic (exact) mass is 703 g/mol. The van der Waals surface area contributed by atoms with E-state index in [4.69, 9.17) is 9.97 Å². The van der Waals surface area contributed by atoms with Crippen molar-refractivity contribution in [2.45, 2.75) is 0 Å². The van der Waals surface area contributed by atoms with Crippen molar-refractivity contribution in [1.82, 2.24) is 14.5 Å². The summed E-state index contributed by atoms with van der Waals surface area (Å²) in [5.41, 5.74) is 9.87. The second-order valence-corrected chi connectivity index (χ2v) is 15.3. The van der Waals surface area contributed by atoms with Gasteiger partial charge in [-0.15, -0.1) is 11.3 Å². The largest absolute Gasteiger partial charge is 0.309 e. The van der Waals surface area contributed by atoms with Gasteiger partial charge in [0.1, 0.15) is 0 Å². The molecule has 0 bridgehead atoms. The van der Waals surface area contributed by atoms with Crippen molar-refractivity contribution in [3.8, 4) is 39.5 Å². The van der Waals surface area contributed by atoms with Gasteiger partial charge in [-0.25, -0.2) is 9.97 Å². The quantitative estimate of drug-likeness (QED) is 0.183. The van der Waals surface area contributed by atoms with Gasteiger partial charge >= 0.3 is 0 Å². The van der Waals surface area contributed by atoms with Crippen molar-refractivity contribution in [2.24, 2.45) is 0 Å². The average molecular weight is 704 g/mol. The van der Waals surface area contributed by atoms with Crippen molar-refractivity contribution in [3.05, 3.63) is 176 Å². The summed E-state index contributed by atoms with van der Waals surface area (Å²) in [5.74, 6) is 0.718. The molecule has 0 saturated heterocycles. The van der Waals surface area contributed by atoms with Crippen LogP contribution >= 0.6 is 11.3 Å². The van der Waals surface area contributed by atoms with Crippen molar-refractivity contribution >= 4 is 85.8 Å². The summed E-state index contributed by atoms with van der Waals surface area (Å²) in [6.45, 7) is 0. The Balaban J connectivity index is 1.06. The molecule has 3 heterocycles. The van der Waals surface area contributed by atoms with Gasteiger partial charge in [-0.1, -0.05) is 121 Å². The molecule has 9 aromatic carbocycles. The van der Waals surface area contributed by atoms with E-state index < -0.39 is 0 Å². The van der Waals surface area contributed by atoms with Crippen molar-refractivity contribution < 1.29 is 0 Å². The molecule has 0 amide bonds. The molecule has 250 valence electrons. The fourth-order valence-electron chi connectivity index (χ4n) is 8.66. The molecule has 3 aromatic heterocycles. The van der Waals surface area contributed by atoms with E-state index in [1.54, 1.807) is 0 Å². The fraction of sp³-hybridized carbons (Fsp3) is 0. The van der Waals surface area contributed by atoms with Crippen LogP contribution in [0.25, 0.3) is 114 Å². The summed E-state index contributed by atoms with van der Waals surface area (Å²) in [6, 6.07) is 63.6. The highest BCUT2D eigenvalue weighted by Gasteiger charge is 2.21. The normalized spacial score (nSPS) is 12.1. The molecular weight excluding hydrogens is 675 g/mol. The molecular formula is C50H29N3S. The lowest BCUT2D eigenvalue weighted by Gasteiger charge is -2.13. The van der Waals surface area contributed by atoms with Crippen LogP contribution in [0, 0.1) is 0 Å². The number of fused-ring (bicyclic) bond motifs is 2. The first-order chi connectivity index (χ1) is 26.7. The molecule has 0 aliphatic heterocycles. The van der Waals surface area contributed by atoms with E-state index in [1.807, 2.05) is 11.3 Å². The molecule has 0 fully saturated rings. The maximum Gasteiger partial charge on any atom is 0.160 e. The SMILES string of the molecule is c1ccc(-c2cccc(-c3nc(-c4ccc5ccc(-n6c7ccc8cccc9sc%10cccc%11ccc6c(c%11%10)c7c89)cc5c4)nc4ccccc34)c2)cc1. The zero-order chi connectivity index (χ0) is 35.3. The second-order valence-electron chi connectivity index (χ2n) is 14.2. The Labute approximate surface area is 314 Å². The molecule has 54 heavy (non-hydrogen) atoms. The highest BCUT2D eigenvalue weighted by Crippen LogP contribution is 2.46. The Morgan fingerprint density at radius 3 is 1.81 bits per heavy atom. The first-order valence-corrected chi connectivity index (χ1v) is 19.1. The minimum Gasteiger partial charge on any atom is -0.309 e. The number of hydrogen-bond acceptors (Lipinski definition) is 3. The van der Waals surface area contributed by atoms with E-state index in [0.29, 0.717) is 0 Å². The van der Waals surface area contributed by atoms with Crippen LogP contribution in [0.3, 0.4) is 0 Å². The van der Waals surface area contributed by atoms with Gasteiger partial charge in [-0.05, 0) is 87.3 Å². The molecule has 0 unspecified atom stereocenters. The van der Waals surface area contributed by atoms with Crippen molar-refractivity contribution in [2.75, 3.05) is 0 Å². The Hall–Kier alpha value is -6.88. The standard InChI is InChI=1S/C50H29N3S/c1-2-9-30(10-3-1)34-13-6-14-35(27-34)49-39-15-4-5-16-40(39)51-50(52-49)36-20-19-31-21-24-38(29-37(31)28-36)53-41-25-22-32-11-7-17-43-45(32)47(41)48-42(53)26-23-33-12-8-18-44(54-43)46(33)48/h1-29H. The molecule has 0 aliphatic rings. The van der Waals surface area contributed by atoms with Crippen LogP contribution < -0.4 is 0 Å². The van der Waals surface area contributed by atoms with E-state index in [0.717, 1.165) is 44.6 Å². The Kier molecular flexibility index (Phi) is 6.21. The maximum absolute atomic E-state index is 5.29. The number of benzene rings is 9. The molecule has 0 saturated carbocycles. The van der Waals surface area contributed by atoms with Gasteiger partial charge in [0.2, 0.25) is 0 Å². The third-order valence-corrected chi connectivity index (χ3v) is 12.2. The highest BCUT2D eigenvalue weighted by atomic mass is 32.1. The molecule has 12 rings (SSSR count). The van der Waals surface area contributed by atoms with Crippen LogP contribution in [0.1, 0.15) is 0 Å². The lowest BCUT2D eigenvalue weighted by atomic mass is 9.99. The highest BCUT2D eigenvalue weighted by molar-refractivity contribution is 7.24. The minimum absolute atomic E-state index is 0.718. The molecule has 0 aliphatic carbocycles. The van der Waals surface area contributed by atoms with E-state index >= 15 is 0 Å². The number of rotatable bonds is 4. The number of aromatic nitrogens is 3. The number of hydrogen-bond donors (Lipinski definition) is 0. The summed E-state index contributed by atoms with van der Waals surface area (Å²) < 4.78 is 5.08. The zero-order valence-corrected chi connectivity index (χ0v) is 29.8. The van der Waals surface area contributed by atoms with Crippen LogP contribution in [0.4, 0.5) is 0 Å². The van der Waals surface area contributed by atoms with Gasteiger partial charge in [0, 0.05) is 53.1 Å². The molecule has 4 heteroatoms. The fourth-order valence-corrected chi connectivity index (χ4v) is 9.83. The summed E-state index contributed by atoms with van der Waals surface area (Å²) in [4.78, 5) is 10.4. The minimum atomic E-state index is 0.718. The number of para-hydroxylation sites is 1. The van der Waals surface area contributed by atoms with Gasteiger partial charge in [0.25, 0.3) is 0 Å². The van der Waals surface area contributed by atoms with Crippen molar-refractivity contribution in [1.29, 1.82) is 0 Å². The first kappa shape index (κ1) is 29.7. The van der Waals surface area contributed by atoms with Crippen LogP contribution in [-0.4, -0.2) is 14.5 Å². The van der Waals surface area contributed by atoms with Crippen LogP contribution in [0.5, 0.6) is 0 Å². The molecule has 3 nitrogen and oxygen atoms in total. The van der Waals surface area contributed by atoms with Gasteiger partial charge < -0.3 is 4.57 Å². The Morgan fingerprint density at radius 2 is 1.04 bits per heavy atom. The van der Waals surface area contributed by atoms with E-state index in [2.05, 4.69) is 180 Å². The van der Waals surface area contributed by atoms with Gasteiger partial charge in [0.15, 0.2) is 5.82 Å². The predicted octanol–water partition coefficient (Wildman–Crippen LogP) is 13.8. The molecule has 0 radical (unpaired) electrons. The smallest absolute Gasteiger partial charge is 0.160 e. The van der Waals surface area contributed by atoms with Crippen molar-refractivity contribution in [3.63, 3.8) is 0 Å². The van der Waals surface area contributed by atoms with Crippen LogP contribution in [0.15, 0.2) is 176 Å². The van der Waals surface area contributed by atoms with E-state index in [9.17, 15) is 0 Å². The van der Waals surface area contributed by atoms with Crippen LogP contribution in [0.2, 0.25) is 0 Å². The molecule has 0 atom stereocenters. The zero-order valence-electron chi connectivity index (χ0n) is 29.0. The lowest BCUT2D eigenvalue weighted by Crippen LogP contribution is -1.96. The van der Waals surface area contributed by atoms with Gasteiger partial charge in [-0.3, -0.25) is 0 Å². The first-order valence-electron chi connectivity index (χ1n) is 18.3. The third kappa shape index (κ3) is 4.35. The molecule has 0 N–H and O–H groups in total. The van der Waals surface area contributed by atoms with E-state index in [1.165, 1.54) is 69.3 Å². The van der Waals surface area contributed by atoms with Crippen LogP contribution in [-0.2, 0) is 0 Å². The lowest BCUT2D eigenvalue weighted by molar-refractivity contribution is 1.19. The van der Waals surface area contributed by atoms with Gasteiger partial charge in [-0.2, -0.15) is 0 Å². The number of nitrogens with zero attached hydrogens (tertiary/aromatic N) is 3. The van der Waals surface area contributed by atoms with Gasteiger partial charge in [0.05, 0.1) is 22.2 Å². The summed E-state index contributed by atoms with van der Waals surface area (Å²) >= 11 is 1.89. The molecule has 0 spiro atoms. The predicted molar refractivity (Wildman–Crippen MR) is 229 cm³/mol. The molecule has 12 aromatic rings. The summed E-state index contributed by atoms with van der Waals surface area (Å²) in [5, 5.41) is 11.3.